The van der Waals surface area contributed by atoms with Crippen LogP contribution in [0.2, 0.25) is 5.02 Å². The first-order valence-electron chi connectivity index (χ1n) is 6.82. The number of rotatable bonds is 2. The number of nitrogens with zero attached hydrogens (tertiary/aromatic N) is 3. The molecule has 110 valence electrons. The normalized spacial score (nSPS) is 19.3. The van der Waals surface area contributed by atoms with E-state index in [0.29, 0.717) is 37.3 Å². The van der Waals surface area contributed by atoms with E-state index in [4.69, 9.17) is 16.3 Å². The Morgan fingerprint density at radius 1 is 1.33 bits per heavy atom. The van der Waals surface area contributed by atoms with Crippen LogP contribution in [0.3, 0.4) is 0 Å². The van der Waals surface area contributed by atoms with E-state index in [1.54, 1.807) is 6.20 Å². The van der Waals surface area contributed by atoms with Crippen molar-refractivity contribution in [2.24, 2.45) is 0 Å². The lowest BCUT2D eigenvalue weighted by Crippen LogP contribution is -2.33. The molecular formula is C15H16ClN3O2. The largest absolute Gasteiger partial charge is 0.389 e. The van der Waals surface area contributed by atoms with Crippen molar-refractivity contribution >= 4 is 17.5 Å². The van der Waals surface area contributed by atoms with Crippen LogP contribution in [-0.4, -0.2) is 47.5 Å². The van der Waals surface area contributed by atoms with Gasteiger partial charge in [0.1, 0.15) is 0 Å². The molecule has 0 amide bonds. The van der Waals surface area contributed by atoms with Crippen molar-refractivity contribution in [2.45, 2.75) is 6.10 Å². The second-order valence-corrected chi connectivity index (χ2v) is 5.36. The third kappa shape index (κ3) is 3.50. The molecule has 3 rings (SSSR count). The summed E-state index contributed by atoms with van der Waals surface area (Å²) in [7, 11) is 0. The maximum atomic E-state index is 9.80. The monoisotopic (exact) mass is 305 g/mol. The molecule has 1 aromatic heterocycles. The van der Waals surface area contributed by atoms with Crippen molar-refractivity contribution < 1.29 is 9.84 Å². The zero-order valence-corrected chi connectivity index (χ0v) is 12.2. The van der Waals surface area contributed by atoms with Crippen LogP contribution in [0.4, 0.5) is 5.95 Å². The zero-order valence-electron chi connectivity index (χ0n) is 11.4. The summed E-state index contributed by atoms with van der Waals surface area (Å²) in [6, 6.07) is 9.39. The van der Waals surface area contributed by atoms with E-state index in [2.05, 4.69) is 9.97 Å². The summed E-state index contributed by atoms with van der Waals surface area (Å²) < 4.78 is 5.32. The molecule has 1 aliphatic heterocycles. The molecule has 0 bridgehead atoms. The molecular weight excluding hydrogens is 290 g/mol. The molecule has 6 heteroatoms. The quantitative estimate of drug-likeness (QED) is 0.919. The SMILES string of the molecule is O[C@@H]1COCCN(c2nccc(-c3cccc(Cl)c3)n2)C1. The van der Waals surface area contributed by atoms with Gasteiger partial charge in [0, 0.05) is 29.9 Å². The lowest BCUT2D eigenvalue weighted by molar-refractivity contribution is 0.0597. The first-order chi connectivity index (χ1) is 10.2. The van der Waals surface area contributed by atoms with Crippen LogP contribution in [-0.2, 0) is 4.74 Å². The van der Waals surface area contributed by atoms with E-state index in [1.807, 2.05) is 35.2 Å². The van der Waals surface area contributed by atoms with Gasteiger partial charge in [-0.15, -0.1) is 0 Å². The highest BCUT2D eigenvalue weighted by Crippen LogP contribution is 2.22. The molecule has 2 aromatic rings. The van der Waals surface area contributed by atoms with Crippen molar-refractivity contribution in [3.05, 3.63) is 41.6 Å². The number of benzene rings is 1. The molecule has 1 fully saturated rings. The summed E-state index contributed by atoms with van der Waals surface area (Å²) in [5.74, 6) is 0.594. The van der Waals surface area contributed by atoms with Crippen LogP contribution in [0.5, 0.6) is 0 Å². The first-order valence-corrected chi connectivity index (χ1v) is 7.20. The molecule has 0 spiro atoms. The number of aromatic nitrogens is 2. The Hall–Kier alpha value is -1.69. The minimum atomic E-state index is -0.522. The summed E-state index contributed by atoms with van der Waals surface area (Å²) in [6.07, 6.45) is 1.20. The minimum absolute atomic E-state index is 0.352. The number of anilines is 1. The molecule has 0 radical (unpaired) electrons. The van der Waals surface area contributed by atoms with Crippen LogP contribution < -0.4 is 4.90 Å². The number of hydrogen-bond acceptors (Lipinski definition) is 5. The molecule has 0 saturated carbocycles. The van der Waals surface area contributed by atoms with Crippen LogP contribution in [0.15, 0.2) is 36.5 Å². The van der Waals surface area contributed by atoms with Gasteiger partial charge in [-0.1, -0.05) is 23.7 Å². The summed E-state index contributed by atoms with van der Waals surface area (Å²) in [6.45, 7) is 2.04. The molecule has 1 aromatic carbocycles. The first kappa shape index (κ1) is 14.3. The van der Waals surface area contributed by atoms with E-state index in [0.717, 1.165) is 11.3 Å². The summed E-state index contributed by atoms with van der Waals surface area (Å²) in [5.41, 5.74) is 1.75. The van der Waals surface area contributed by atoms with Gasteiger partial charge in [-0.2, -0.15) is 0 Å². The molecule has 21 heavy (non-hydrogen) atoms. The van der Waals surface area contributed by atoms with E-state index in [1.165, 1.54) is 0 Å². The Morgan fingerprint density at radius 3 is 3.10 bits per heavy atom. The fourth-order valence-electron chi connectivity index (χ4n) is 2.28. The fraction of sp³-hybridized carbons (Fsp3) is 0.333. The van der Waals surface area contributed by atoms with Gasteiger partial charge < -0.3 is 14.7 Å². The molecule has 1 N–H and O–H groups in total. The van der Waals surface area contributed by atoms with Crippen LogP contribution in [0, 0.1) is 0 Å². The molecule has 0 unspecified atom stereocenters. The lowest BCUT2D eigenvalue weighted by Gasteiger charge is -2.21. The van der Waals surface area contributed by atoms with Crippen LogP contribution in [0.25, 0.3) is 11.3 Å². The van der Waals surface area contributed by atoms with Crippen molar-refractivity contribution in [1.82, 2.24) is 9.97 Å². The van der Waals surface area contributed by atoms with Crippen molar-refractivity contribution in [2.75, 3.05) is 31.2 Å². The number of aliphatic hydroxyl groups is 1. The molecule has 0 aliphatic carbocycles. The van der Waals surface area contributed by atoms with Crippen molar-refractivity contribution in [3.8, 4) is 11.3 Å². The Balaban J connectivity index is 1.89. The molecule has 2 heterocycles. The number of halogens is 1. The summed E-state index contributed by atoms with van der Waals surface area (Å²) >= 11 is 6.02. The second-order valence-electron chi connectivity index (χ2n) is 4.93. The number of hydrogen-bond donors (Lipinski definition) is 1. The van der Waals surface area contributed by atoms with Gasteiger partial charge >= 0.3 is 0 Å². The summed E-state index contributed by atoms with van der Waals surface area (Å²) in [5, 5.41) is 10.5. The Labute approximate surface area is 128 Å². The van der Waals surface area contributed by atoms with Gasteiger partial charge in [0.2, 0.25) is 5.95 Å². The second kappa shape index (κ2) is 6.39. The van der Waals surface area contributed by atoms with Crippen LogP contribution >= 0.6 is 11.6 Å². The highest BCUT2D eigenvalue weighted by Gasteiger charge is 2.19. The maximum Gasteiger partial charge on any atom is 0.226 e. The van der Waals surface area contributed by atoms with E-state index in [9.17, 15) is 5.11 Å². The smallest absolute Gasteiger partial charge is 0.226 e. The van der Waals surface area contributed by atoms with Gasteiger partial charge in [0.15, 0.2) is 0 Å². The van der Waals surface area contributed by atoms with Crippen LogP contribution in [0.1, 0.15) is 0 Å². The lowest BCUT2D eigenvalue weighted by atomic mass is 10.1. The molecule has 1 saturated heterocycles. The molecule has 1 atom stereocenters. The maximum absolute atomic E-state index is 9.80. The van der Waals surface area contributed by atoms with E-state index >= 15 is 0 Å². The predicted octanol–water partition coefficient (Wildman–Crippen LogP) is 1.99. The fourth-order valence-corrected chi connectivity index (χ4v) is 2.47. The van der Waals surface area contributed by atoms with Crippen molar-refractivity contribution in [1.29, 1.82) is 0 Å². The Kier molecular flexibility index (Phi) is 4.34. The Morgan fingerprint density at radius 2 is 2.24 bits per heavy atom. The van der Waals surface area contributed by atoms with E-state index in [-0.39, 0.29) is 0 Å². The molecule has 1 aliphatic rings. The standard InChI is InChI=1S/C15H16ClN3O2/c16-12-3-1-2-11(8-12)14-4-5-17-15(18-14)19-6-7-21-10-13(20)9-19/h1-5,8,13,20H,6-7,9-10H2/t13-/m0/s1. The highest BCUT2D eigenvalue weighted by molar-refractivity contribution is 6.30. The number of ether oxygens (including phenoxy) is 1. The van der Waals surface area contributed by atoms with Gasteiger partial charge in [-0.25, -0.2) is 9.97 Å². The third-order valence-corrected chi connectivity index (χ3v) is 3.53. The van der Waals surface area contributed by atoms with E-state index < -0.39 is 6.10 Å². The average Bonchev–Trinajstić information content (AvgIpc) is 2.72. The zero-order chi connectivity index (χ0) is 14.7. The van der Waals surface area contributed by atoms with Gasteiger partial charge in [-0.05, 0) is 18.2 Å². The third-order valence-electron chi connectivity index (χ3n) is 3.29. The van der Waals surface area contributed by atoms with Crippen molar-refractivity contribution in [3.63, 3.8) is 0 Å². The molecule has 5 nitrogen and oxygen atoms in total. The van der Waals surface area contributed by atoms with Gasteiger partial charge in [0.25, 0.3) is 0 Å². The predicted molar refractivity (Wildman–Crippen MR) is 81.5 cm³/mol. The topological polar surface area (TPSA) is 58.5 Å². The number of aliphatic hydroxyl groups excluding tert-OH is 1. The number of β-amino-alcohol motifs (C(OH)–C–C–N with tert-alkyl or cyclic N) is 1. The van der Waals surface area contributed by atoms with Gasteiger partial charge in [-0.3, -0.25) is 0 Å². The average molecular weight is 306 g/mol. The summed E-state index contributed by atoms with van der Waals surface area (Å²) in [4.78, 5) is 10.8. The highest BCUT2D eigenvalue weighted by atomic mass is 35.5. The Bertz CT molecular complexity index is 623. The van der Waals surface area contributed by atoms with Gasteiger partial charge in [0.05, 0.1) is 25.0 Å². The minimum Gasteiger partial charge on any atom is -0.389 e.